The van der Waals surface area contributed by atoms with Gasteiger partial charge in [-0.05, 0) is 25.7 Å². The summed E-state index contributed by atoms with van der Waals surface area (Å²) in [6.45, 7) is 5.05. The van der Waals surface area contributed by atoms with E-state index in [0.29, 0.717) is 19.1 Å². The maximum atomic E-state index is 12.3. The number of likely N-dealkylation sites (tertiary alicyclic amines) is 1. The first kappa shape index (κ1) is 13.3. The Balaban J connectivity index is 1.91. The summed E-state index contributed by atoms with van der Waals surface area (Å²) in [4.78, 5) is 27.6. The number of carbonyl (C=O) groups excluding carboxylic acids is 2. The third kappa shape index (κ3) is 3.02. The molecule has 5 heteroatoms. The molecule has 0 radical (unpaired) electrons. The summed E-state index contributed by atoms with van der Waals surface area (Å²) in [5.41, 5.74) is 0. The van der Waals surface area contributed by atoms with Crippen LogP contribution in [0.3, 0.4) is 0 Å². The molecule has 0 saturated carbocycles. The molecule has 102 valence electrons. The molecule has 18 heavy (non-hydrogen) atoms. The lowest BCUT2D eigenvalue weighted by atomic mass is 10.00. The molecule has 5 nitrogen and oxygen atoms in total. The van der Waals surface area contributed by atoms with Crippen LogP contribution in [0.2, 0.25) is 0 Å². The summed E-state index contributed by atoms with van der Waals surface area (Å²) in [7, 11) is 0. The van der Waals surface area contributed by atoms with Crippen LogP contribution in [0.25, 0.3) is 0 Å². The number of piperidine rings is 1. The fourth-order valence-electron chi connectivity index (χ4n) is 2.82. The predicted octanol–water partition coefficient (Wildman–Crippen LogP) is 0.209. The van der Waals surface area contributed by atoms with E-state index in [1.807, 2.05) is 4.90 Å². The minimum Gasteiger partial charge on any atom is -0.338 e. The zero-order chi connectivity index (χ0) is 13.0. The Labute approximate surface area is 108 Å². The SMILES string of the molecule is CC[C@H]1CCCCN1C(=O)CN1CCNCC1=O. The number of amides is 2. The van der Waals surface area contributed by atoms with Crippen LogP contribution in [-0.4, -0.2) is 60.4 Å². The normalized spacial score (nSPS) is 25.4. The van der Waals surface area contributed by atoms with E-state index in [1.165, 1.54) is 6.42 Å². The highest BCUT2D eigenvalue weighted by Crippen LogP contribution is 2.19. The van der Waals surface area contributed by atoms with E-state index in [4.69, 9.17) is 0 Å². The summed E-state index contributed by atoms with van der Waals surface area (Å²) in [6.07, 6.45) is 4.44. The van der Waals surface area contributed by atoms with Gasteiger partial charge in [-0.1, -0.05) is 6.92 Å². The van der Waals surface area contributed by atoms with Gasteiger partial charge in [-0.2, -0.15) is 0 Å². The number of rotatable bonds is 3. The van der Waals surface area contributed by atoms with E-state index in [-0.39, 0.29) is 18.4 Å². The maximum Gasteiger partial charge on any atom is 0.242 e. The van der Waals surface area contributed by atoms with Gasteiger partial charge in [-0.15, -0.1) is 0 Å². The average molecular weight is 253 g/mol. The highest BCUT2D eigenvalue weighted by Gasteiger charge is 2.28. The zero-order valence-electron chi connectivity index (χ0n) is 11.2. The van der Waals surface area contributed by atoms with Gasteiger partial charge >= 0.3 is 0 Å². The number of hydrogen-bond acceptors (Lipinski definition) is 3. The second kappa shape index (κ2) is 6.18. The third-order valence-corrected chi connectivity index (χ3v) is 3.93. The van der Waals surface area contributed by atoms with Gasteiger partial charge < -0.3 is 15.1 Å². The Morgan fingerprint density at radius 2 is 2.22 bits per heavy atom. The molecule has 0 spiro atoms. The molecular formula is C13H23N3O2. The van der Waals surface area contributed by atoms with Crippen molar-refractivity contribution in [1.82, 2.24) is 15.1 Å². The molecule has 0 aromatic carbocycles. The van der Waals surface area contributed by atoms with Crippen LogP contribution in [0.15, 0.2) is 0 Å². The molecule has 0 unspecified atom stereocenters. The topological polar surface area (TPSA) is 52.7 Å². The van der Waals surface area contributed by atoms with Crippen LogP contribution in [0.5, 0.6) is 0 Å². The fraction of sp³-hybridized carbons (Fsp3) is 0.846. The lowest BCUT2D eigenvalue weighted by Gasteiger charge is -2.37. The number of carbonyl (C=O) groups is 2. The Bertz CT molecular complexity index is 319. The first-order valence-corrected chi connectivity index (χ1v) is 7.00. The Morgan fingerprint density at radius 1 is 1.39 bits per heavy atom. The molecule has 0 aliphatic carbocycles. The summed E-state index contributed by atoms with van der Waals surface area (Å²) in [5, 5.41) is 3.02. The average Bonchev–Trinajstić information content (AvgIpc) is 2.41. The van der Waals surface area contributed by atoms with E-state index in [2.05, 4.69) is 12.2 Å². The molecule has 2 fully saturated rings. The van der Waals surface area contributed by atoms with E-state index >= 15 is 0 Å². The molecule has 2 aliphatic rings. The molecule has 2 saturated heterocycles. The monoisotopic (exact) mass is 253 g/mol. The van der Waals surface area contributed by atoms with E-state index in [1.54, 1.807) is 4.90 Å². The Kier molecular flexibility index (Phi) is 4.58. The largest absolute Gasteiger partial charge is 0.338 e. The quantitative estimate of drug-likeness (QED) is 0.782. The van der Waals surface area contributed by atoms with Gasteiger partial charge in [0.15, 0.2) is 0 Å². The molecule has 2 amide bonds. The second-order valence-corrected chi connectivity index (χ2v) is 5.14. The minimum absolute atomic E-state index is 0.0413. The molecular weight excluding hydrogens is 230 g/mol. The molecule has 2 aliphatic heterocycles. The molecule has 0 aromatic rings. The van der Waals surface area contributed by atoms with E-state index < -0.39 is 0 Å². The van der Waals surface area contributed by atoms with Crippen molar-refractivity contribution < 1.29 is 9.59 Å². The summed E-state index contributed by atoms with van der Waals surface area (Å²) >= 11 is 0. The van der Waals surface area contributed by atoms with Crippen molar-refractivity contribution in [3.63, 3.8) is 0 Å². The fourth-order valence-corrected chi connectivity index (χ4v) is 2.82. The van der Waals surface area contributed by atoms with Crippen LogP contribution >= 0.6 is 0 Å². The smallest absolute Gasteiger partial charge is 0.242 e. The molecule has 1 atom stereocenters. The minimum atomic E-state index is 0.0413. The number of nitrogens with zero attached hydrogens (tertiary/aromatic N) is 2. The second-order valence-electron chi connectivity index (χ2n) is 5.14. The lowest BCUT2D eigenvalue weighted by molar-refractivity contribution is -0.143. The Morgan fingerprint density at radius 3 is 2.94 bits per heavy atom. The third-order valence-electron chi connectivity index (χ3n) is 3.93. The number of nitrogens with one attached hydrogen (secondary N) is 1. The number of hydrogen-bond donors (Lipinski definition) is 1. The lowest BCUT2D eigenvalue weighted by Crippen LogP contribution is -2.53. The summed E-state index contributed by atoms with van der Waals surface area (Å²) in [6, 6.07) is 0.379. The van der Waals surface area contributed by atoms with Crippen LogP contribution in [0, 0.1) is 0 Å². The van der Waals surface area contributed by atoms with Crippen molar-refractivity contribution in [2.45, 2.75) is 38.6 Å². The maximum absolute atomic E-state index is 12.3. The zero-order valence-corrected chi connectivity index (χ0v) is 11.2. The van der Waals surface area contributed by atoms with Crippen molar-refractivity contribution in [2.75, 3.05) is 32.7 Å². The van der Waals surface area contributed by atoms with Crippen LogP contribution in [-0.2, 0) is 9.59 Å². The number of piperazine rings is 1. The summed E-state index contributed by atoms with van der Waals surface area (Å²) in [5.74, 6) is 0.163. The van der Waals surface area contributed by atoms with Crippen molar-refractivity contribution >= 4 is 11.8 Å². The van der Waals surface area contributed by atoms with Crippen molar-refractivity contribution in [3.8, 4) is 0 Å². The molecule has 1 N–H and O–H groups in total. The van der Waals surface area contributed by atoms with Gasteiger partial charge in [0.05, 0.1) is 13.1 Å². The van der Waals surface area contributed by atoms with E-state index in [0.717, 1.165) is 32.4 Å². The van der Waals surface area contributed by atoms with E-state index in [9.17, 15) is 9.59 Å². The molecule has 2 heterocycles. The van der Waals surface area contributed by atoms with Crippen molar-refractivity contribution in [2.24, 2.45) is 0 Å². The van der Waals surface area contributed by atoms with Gasteiger partial charge in [-0.3, -0.25) is 9.59 Å². The van der Waals surface area contributed by atoms with Crippen molar-refractivity contribution in [1.29, 1.82) is 0 Å². The summed E-state index contributed by atoms with van der Waals surface area (Å²) < 4.78 is 0. The molecule has 2 rings (SSSR count). The van der Waals surface area contributed by atoms with Gasteiger partial charge in [0, 0.05) is 25.7 Å². The Hall–Kier alpha value is -1.10. The van der Waals surface area contributed by atoms with Gasteiger partial charge in [0.1, 0.15) is 0 Å². The molecule has 0 aromatic heterocycles. The first-order valence-electron chi connectivity index (χ1n) is 7.00. The first-order chi connectivity index (χ1) is 8.72. The highest BCUT2D eigenvalue weighted by atomic mass is 16.2. The van der Waals surface area contributed by atoms with Crippen LogP contribution < -0.4 is 5.32 Å². The predicted molar refractivity (Wildman–Crippen MR) is 69.1 cm³/mol. The van der Waals surface area contributed by atoms with Crippen LogP contribution in [0.1, 0.15) is 32.6 Å². The van der Waals surface area contributed by atoms with Gasteiger partial charge in [0.25, 0.3) is 0 Å². The van der Waals surface area contributed by atoms with Crippen molar-refractivity contribution in [3.05, 3.63) is 0 Å². The standard InChI is InChI=1S/C13H23N3O2/c1-2-11-5-3-4-7-16(11)13(18)10-15-8-6-14-9-12(15)17/h11,14H,2-10H2,1H3/t11-/m0/s1. The van der Waals surface area contributed by atoms with Gasteiger partial charge in [0.2, 0.25) is 11.8 Å². The van der Waals surface area contributed by atoms with Crippen LogP contribution in [0.4, 0.5) is 0 Å². The highest BCUT2D eigenvalue weighted by molar-refractivity contribution is 5.86. The van der Waals surface area contributed by atoms with Gasteiger partial charge in [-0.25, -0.2) is 0 Å². The molecule has 0 bridgehead atoms.